The Bertz CT molecular complexity index is 3920. The van der Waals surface area contributed by atoms with Gasteiger partial charge in [-0.1, -0.05) is 165 Å². The largest absolute Gasteiger partial charge is 0.309 e. The summed E-state index contributed by atoms with van der Waals surface area (Å²) in [5.41, 5.74) is 11.7. The summed E-state index contributed by atoms with van der Waals surface area (Å²) in [6.07, 6.45) is 7.24. The monoisotopic (exact) mass is 879 g/mol. The van der Waals surface area contributed by atoms with Gasteiger partial charge in [0, 0.05) is 56.8 Å². The van der Waals surface area contributed by atoms with Crippen molar-refractivity contribution in [3.05, 3.63) is 212 Å². The van der Waals surface area contributed by atoms with Gasteiger partial charge in [0.05, 0.1) is 11.0 Å². The summed E-state index contributed by atoms with van der Waals surface area (Å²) in [6, 6.07) is 74.5. The fourth-order valence-corrected chi connectivity index (χ4v) is 12.9. The molecule has 14 rings (SSSR count). The molecule has 314 valence electrons. The van der Waals surface area contributed by atoms with Crippen molar-refractivity contribution < 1.29 is 0 Å². The summed E-state index contributed by atoms with van der Waals surface area (Å²) < 4.78 is 7.80. The van der Waals surface area contributed by atoms with Crippen LogP contribution in [0, 0.1) is 5.41 Å². The summed E-state index contributed by atoms with van der Waals surface area (Å²) in [7, 11) is 0. The van der Waals surface area contributed by atoms with Crippen molar-refractivity contribution in [2.24, 2.45) is 5.41 Å². The van der Waals surface area contributed by atoms with E-state index in [0.717, 1.165) is 5.69 Å². The van der Waals surface area contributed by atoms with E-state index in [2.05, 4.69) is 231 Å². The van der Waals surface area contributed by atoms with E-state index in [0.29, 0.717) is 5.41 Å². The lowest BCUT2D eigenvalue weighted by molar-refractivity contribution is 0.746. The molecule has 0 bridgehead atoms. The molecule has 0 atom stereocenters. The molecule has 10 aromatic carbocycles. The van der Waals surface area contributed by atoms with Crippen molar-refractivity contribution in [2.45, 2.75) is 26.7 Å². The SMILES string of the molecule is C/C=C\C1(C)CC1.c1cc(-c2cc3ccccc3c3ccccc23)cc(-n2c3ccc(-c4cccc5c4sc4ccccc45)cc3c3cc(-c4cccc5c4sc4ccccc45)ccc32)c1. The molecule has 3 heterocycles. The lowest BCUT2D eigenvalue weighted by atomic mass is 9.93. The standard InChI is InChI=1S/C56H33NS2.C7H12/c1-2-15-39-35(12-1)31-48(43-17-4-3-16-42(39)43)34-13-9-14-38(30-34)57-51-28-26-36(40-20-10-22-46-44-18-5-7-24-53(44)58-55(40)46)32-49(51)50-33-37(27-29-52(50)57)41-21-11-23-47-45-19-6-8-25-54(45)59-56(41)47;1-3-4-7(2)5-6-7/h1-33H;3-4H,5-6H2,1-2H3/b;4-3-. The number of nitrogens with zero attached hydrogens (tertiary/aromatic N) is 1. The maximum atomic E-state index is 2.48. The molecule has 0 aliphatic heterocycles. The number of allylic oxidation sites excluding steroid dienone is 2. The van der Waals surface area contributed by atoms with E-state index in [-0.39, 0.29) is 0 Å². The lowest BCUT2D eigenvalue weighted by Gasteiger charge is -2.14. The van der Waals surface area contributed by atoms with Gasteiger partial charge in [-0.15, -0.1) is 22.7 Å². The molecule has 66 heavy (non-hydrogen) atoms. The van der Waals surface area contributed by atoms with Crippen LogP contribution >= 0.6 is 22.7 Å². The Morgan fingerprint density at radius 2 is 0.909 bits per heavy atom. The maximum Gasteiger partial charge on any atom is 0.0541 e. The Balaban J connectivity index is 0.000000572. The third-order valence-electron chi connectivity index (χ3n) is 14.0. The molecule has 3 heteroatoms. The quantitative estimate of drug-likeness (QED) is 0.120. The van der Waals surface area contributed by atoms with Crippen LogP contribution in [0.2, 0.25) is 0 Å². The van der Waals surface area contributed by atoms with Crippen molar-refractivity contribution in [2.75, 3.05) is 0 Å². The van der Waals surface area contributed by atoms with E-state index in [9.17, 15) is 0 Å². The average molecular weight is 880 g/mol. The predicted octanol–water partition coefficient (Wildman–Crippen LogP) is 19.2. The first-order chi connectivity index (χ1) is 32.5. The Hall–Kier alpha value is -7.30. The van der Waals surface area contributed by atoms with Crippen molar-refractivity contribution in [1.82, 2.24) is 4.57 Å². The number of fused-ring (bicyclic) bond motifs is 12. The zero-order valence-electron chi connectivity index (χ0n) is 36.9. The molecule has 0 spiro atoms. The highest BCUT2D eigenvalue weighted by Crippen LogP contribution is 2.47. The van der Waals surface area contributed by atoms with E-state index in [1.165, 1.54) is 130 Å². The Morgan fingerprint density at radius 1 is 0.409 bits per heavy atom. The van der Waals surface area contributed by atoms with Crippen LogP contribution in [0.3, 0.4) is 0 Å². The second-order valence-corrected chi connectivity index (χ2v) is 20.4. The molecule has 1 saturated carbocycles. The number of benzene rings is 10. The normalized spacial score (nSPS) is 13.5. The fraction of sp³-hybridized carbons (Fsp3) is 0.0794. The van der Waals surface area contributed by atoms with E-state index < -0.39 is 0 Å². The van der Waals surface area contributed by atoms with Gasteiger partial charge in [-0.05, 0) is 135 Å². The third kappa shape index (κ3) is 6.41. The van der Waals surface area contributed by atoms with E-state index in [4.69, 9.17) is 0 Å². The molecule has 13 aromatic rings. The molecule has 3 aromatic heterocycles. The van der Waals surface area contributed by atoms with E-state index in [1.54, 1.807) is 0 Å². The lowest BCUT2D eigenvalue weighted by Crippen LogP contribution is -1.95. The minimum Gasteiger partial charge on any atom is -0.309 e. The highest BCUT2D eigenvalue weighted by molar-refractivity contribution is 7.26. The molecule has 0 radical (unpaired) electrons. The number of hydrogen-bond donors (Lipinski definition) is 0. The van der Waals surface area contributed by atoms with Crippen molar-refractivity contribution in [3.8, 4) is 39.1 Å². The van der Waals surface area contributed by atoms with Crippen molar-refractivity contribution >= 4 is 106 Å². The fourth-order valence-electron chi connectivity index (χ4n) is 10.5. The number of rotatable bonds is 5. The second kappa shape index (κ2) is 15.4. The molecule has 1 aliphatic rings. The van der Waals surface area contributed by atoms with Crippen molar-refractivity contribution in [1.29, 1.82) is 0 Å². The number of hydrogen-bond acceptors (Lipinski definition) is 2. The number of thiophene rings is 2. The predicted molar refractivity (Wildman–Crippen MR) is 290 cm³/mol. The molecular formula is C63H45NS2. The van der Waals surface area contributed by atoms with Gasteiger partial charge in [0.25, 0.3) is 0 Å². The first-order valence-electron chi connectivity index (χ1n) is 23.1. The van der Waals surface area contributed by atoms with Gasteiger partial charge >= 0.3 is 0 Å². The summed E-state index contributed by atoms with van der Waals surface area (Å²) in [5, 5.41) is 12.9. The minimum absolute atomic E-state index is 0.620. The van der Waals surface area contributed by atoms with Crippen molar-refractivity contribution in [3.63, 3.8) is 0 Å². The van der Waals surface area contributed by atoms with Crippen LogP contribution in [0.25, 0.3) is 123 Å². The van der Waals surface area contributed by atoms with Crippen LogP contribution in [0.1, 0.15) is 26.7 Å². The summed E-state index contributed by atoms with van der Waals surface area (Å²) in [6.45, 7) is 4.39. The van der Waals surface area contributed by atoms with Gasteiger partial charge in [0.2, 0.25) is 0 Å². The molecule has 0 N–H and O–H groups in total. The van der Waals surface area contributed by atoms with E-state index >= 15 is 0 Å². The average Bonchev–Trinajstić information content (AvgIpc) is 3.65. The van der Waals surface area contributed by atoms with Gasteiger partial charge in [-0.2, -0.15) is 0 Å². The number of aromatic nitrogens is 1. The topological polar surface area (TPSA) is 4.93 Å². The Kier molecular flexibility index (Phi) is 9.13. The maximum absolute atomic E-state index is 2.48. The van der Waals surface area contributed by atoms with Crippen LogP contribution in [-0.4, -0.2) is 4.57 Å². The highest BCUT2D eigenvalue weighted by atomic mass is 32.1. The van der Waals surface area contributed by atoms with Gasteiger partial charge in [-0.3, -0.25) is 0 Å². The van der Waals surface area contributed by atoms with Gasteiger partial charge in [-0.25, -0.2) is 0 Å². The molecule has 0 unspecified atom stereocenters. The van der Waals surface area contributed by atoms with Gasteiger partial charge < -0.3 is 4.57 Å². The Labute approximate surface area is 392 Å². The molecule has 1 aliphatic carbocycles. The first kappa shape index (κ1) is 39.1. The van der Waals surface area contributed by atoms with Gasteiger partial charge in [0.1, 0.15) is 0 Å². The van der Waals surface area contributed by atoms with Crippen LogP contribution < -0.4 is 0 Å². The van der Waals surface area contributed by atoms with Crippen LogP contribution in [0.4, 0.5) is 0 Å². The second-order valence-electron chi connectivity index (χ2n) is 18.3. The van der Waals surface area contributed by atoms with Crippen LogP contribution in [0.5, 0.6) is 0 Å². The molecular weight excluding hydrogens is 835 g/mol. The Morgan fingerprint density at radius 3 is 1.48 bits per heavy atom. The summed E-state index contributed by atoms with van der Waals surface area (Å²) >= 11 is 3.79. The molecule has 1 nitrogen and oxygen atoms in total. The first-order valence-corrected chi connectivity index (χ1v) is 24.7. The zero-order valence-corrected chi connectivity index (χ0v) is 38.5. The molecule has 0 amide bonds. The zero-order chi connectivity index (χ0) is 43.9. The van der Waals surface area contributed by atoms with Gasteiger partial charge in [0.15, 0.2) is 0 Å². The van der Waals surface area contributed by atoms with Crippen LogP contribution in [0.15, 0.2) is 212 Å². The smallest absolute Gasteiger partial charge is 0.0541 e. The highest BCUT2D eigenvalue weighted by Gasteiger charge is 2.33. The molecule has 0 saturated heterocycles. The third-order valence-corrected chi connectivity index (χ3v) is 16.4. The molecule has 1 fully saturated rings. The van der Waals surface area contributed by atoms with Crippen LogP contribution in [-0.2, 0) is 0 Å². The minimum atomic E-state index is 0.620. The summed E-state index contributed by atoms with van der Waals surface area (Å²) in [5.74, 6) is 0. The summed E-state index contributed by atoms with van der Waals surface area (Å²) in [4.78, 5) is 0. The van der Waals surface area contributed by atoms with E-state index in [1.807, 2.05) is 22.7 Å².